The zero-order chi connectivity index (χ0) is 19.9. The molecule has 3 atom stereocenters. The van der Waals surface area contributed by atoms with Gasteiger partial charge in [-0.05, 0) is 54.2 Å². The molecular weight excluding hydrogens is 356 g/mol. The van der Waals surface area contributed by atoms with E-state index in [0.29, 0.717) is 17.3 Å². The summed E-state index contributed by atoms with van der Waals surface area (Å²) in [5.41, 5.74) is 0.629. The van der Waals surface area contributed by atoms with Crippen molar-refractivity contribution in [3.05, 3.63) is 42.4 Å². The Bertz CT molecular complexity index is 876. The van der Waals surface area contributed by atoms with Crippen LogP contribution in [-0.4, -0.2) is 39.3 Å². The fraction of sp³-hybridized carbons (Fsp3) is 0.524. The molecule has 2 aliphatic rings. The molecule has 7 nitrogen and oxygen atoms in total. The predicted molar refractivity (Wildman–Crippen MR) is 103 cm³/mol. The van der Waals surface area contributed by atoms with Crippen molar-refractivity contribution in [2.24, 2.45) is 16.7 Å². The largest absolute Gasteiger partial charge is 0.452 e. The van der Waals surface area contributed by atoms with Gasteiger partial charge in [0.1, 0.15) is 0 Å². The molecule has 0 aromatic carbocycles. The van der Waals surface area contributed by atoms with E-state index >= 15 is 0 Å². The van der Waals surface area contributed by atoms with Gasteiger partial charge in [-0.1, -0.05) is 20.8 Å². The van der Waals surface area contributed by atoms with Crippen LogP contribution in [0.25, 0.3) is 5.82 Å². The number of esters is 1. The molecule has 2 heterocycles. The first-order chi connectivity index (χ1) is 13.3. The molecule has 2 aromatic heterocycles. The summed E-state index contributed by atoms with van der Waals surface area (Å²) in [4.78, 5) is 28.8. The smallest absolute Gasteiger partial charge is 0.340 e. The maximum absolute atomic E-state index is 12.4. The van der Waals surface area contributed by atoms with Crippen LogP contribution < -0.4 is 5.32 Å². The third kappa shape index (κ3) is 2.99. The fourth-order valence-corrected chi connectivity index (χ4v) is 4.92. The molecule has 2 bridgehead atoms. The number of hydrogen-bond donors (Lipinski definition) is 1. The third-order valence-electron chi connectivity index (χ3n) is 7.19. The summed E-state index contributed by atoms with van der Waals surface area (Å²) in [5, 5.41) is 7.18. The number of aromatic nitrogens is 3. The Morgan fingerprint density at radius 2 is 2.14 bits per heavy atom. The summed E-state index contributed by atoms with van der Waals surface area (Å²) in [6.45, 7) is 6.59. The summed E-state index contributed by atoms with van der Waals surface area (Å²) in [6, 6.07) is 5.23. The minimum absolute atomic E-state index is 0.101. The van der Waals surface area contributed by atoms with E-state index in [2.05, 4.69) is 36.2 Å². The maximum atomic E-state index is 12.4. The first kappa shape index (κ1) is 18.7. The van der Waals surface area contributed by atoms with Crippen LogP contribution in [0.15, 0.2) is 36.8 Å². The first-order valence-corrected chi connectivity index (χ1v) is 9.74. The average Bonchev–Trinajstić information content (AvgIpc) is 3.33. The van der Waals surface area contributed by atoms with Crippen LogP contribution in [-0.2, 0) is 9.53 Å². The quantitative estimate of drug-likeness (QED) is 0.804. The zero-order valence-electron chi connectivity index (χ0n) is 16.5. The number of hydrogen-bond acceptors (Lipinski definition) is 5. The maximum Gasteiger partial charge on any atom is 0.340 e. The van der Waals surface area contributed by atoms with E-state index in [9.17, 15) is 9.59 Å². The number of fused-ring (bicyclic) bond motifs is 2. The Morgan fingerprint density at radius 1 is 1.32 bits per heavy atom. The summed E-state index contributed by atoms with van der Waals surface area (Å²) in [6.07, 6.45) is 8.21. The monoisotopic (exact) mass is 382 g/mol. The lowest BCUT2D eigenvalue weighted by Crippen LogP contribution is -2.48. The van der Waals surface area contributed by atoms with Crippen molar-refractivity contribution in [1.29, 1.82) is 0 Å². The van der Waals surface area contributed by atoms with Crippen LogP contribution in [0.4, 0.5) is 0 Å². The highest BCUT2D eigenvalue weighted by Gasteiger charge is 2.61. The third-order valence-corrected chi connectivity index (χ3v) is 7.19. The number of nitrogens with zero attached hydrogens (tertiary/aromatic N) is 3. The number of carbonyl (C=O) groups is 2. The van der Waals surface area contributed by atoms with Gasteiger partial charge in [-0.3, -0.25) is 4.79 Å². The second-order valence-electron chi connectivity index (χ2n) is 8.66. The molecule has 2 aromatic rings. The van der Waals surface area contributed by atoms with Crippen LogP contribution in [0.5, 0.6) is 0 Å². The molecule has 2 fully saturated rings. The molecule has 1 N–H and O–H groups in total. The lowest BCUT2D eigenvalue weighted by molar-refractivity contribution is -0.126. The Labute approximate surface area is 164 Å². The molecule has 0 saturated heterocycles. The Morgan fingerprint density at radius 3 is 2.71 bits per heavy atom. The van der Waals surface area contributed by atoms with E-state index in [1.165, 1.54) is 12.6 Å². The van der Waals surface area contributed by atoms with Gasteiger partial charge in [-0.2, -0.15) is 5.10 Å². The lowest BCUT2D eigenvalue weighted by Gasteiger charge is -2.39. The number of nitrogens with one attached hydrogen (secondary N) is 1. The number of carbonyl (C=O) groups excluding carboxylic acids is 2. The van der Waals surface area contributed by atoms with Gasteiger partial charge in [0, 0.05) is 24.6 Å². The predicted octanol–water partition coefficient (Wildman–Crippen LogP) is 2.76. The standard InChI is InChI=1S/C21H26N4O3/c1-20(2)15-7-8-21(20,3)16(11-15)24-18(26)13-28-19(27)14-5-6-17(22-12-14)25-10-4-9-23-25/h4-6,9-10,12,15-16H,7-8,11,13H2,1-3H3,(H,24,26)/t15-,16-,21-/m0/s1. The van der Waals surface area contributed by atoms with Crippen LogP contribution in [0.1, 0.15) is 50.4 Å². The molecule has 1 amide bonds. The molecule has 0 unspecified atom stereocenters. The van der Waals surface area contributed by atoms with Crippen molar-refractivity contribution in [1.82, 2.24) is 20.1 Å². The van der Waals surface area contributed by atoms with E-state index in [4.69, 9.17) is 4.74 Å². The van der Waals surface area contributed by atoms with Crippen molar-refractivity contribution >= 4 is 11.9 Å². The van der Waals surface area contributed by atoms with Crippen LogP contribution in [0.3, 0.4) is 0 Å². The van der Waals surface area contributed by atoms with Crippen molar-refractivity contribution in [2.45, 2.75) is 46.1 Å². The van der Waals surface area contributed by atoms with E-state index in [-0.39, 0.29) is 29.4 Å². The van der Waals surface area contributed by atoms with Crippen LogP contribution in [0.2, 0.25) is 0 Å². The van der Waals surface area contributed by atoms with Crippen molar-refractivity contribution in [3.63, 3.8) is 0 Å². The fourth-order valence-electron chi connectivity index (χ4n) is 4.92. The van der Waals surface area contributed by atoms with Crippen LogP contribution in [0, 0.1) is 16.7 Å². The average molecular weight is 382 g/mol. The number of rotatable bonds is 5. The first-order valence-electron chi connectivity index (χ1n) is 9.74. The SMILES string of the molecule is CC1(C)[C@H]2CC[C@@]1(C)[C@@H](NC(=O)COC(=O)c1ccc(-n3cccn3)nc1)C2. The summed E-state index contributed by atoms with van der Waals surface area (Å²) in [7, 11) is 0. The van der Waals surface area contributed by atoms with E-state index in [0.717, 1.165) is 12.8 Å². The Kier molecular flexibility index (Phi) is 4.48. The van der Waals surface area contributed by atoms with E-state index in [1.807, 2.05) is 0 Å². The molecule has 0 spiro atoms. The lowest BCUT2D eigenvalue weighted by atomic mass is 9.69. The molecule has 148 valence electrons. The number of ether oxygens (including phenoxy) is 1. The molecule has 0 aliphatic heterocycles. The molecule has 7 heteroatoms. The molecule has 2 saturated carbocycles. The Balaban J connectivity index is 1.31. The molecular formula is C21H26N4O3. The van der Waals surface area contributed by atoms with Gasteiger partial charge in [0.2, 0.25) is 0 Å². The summed E-state index contributed by atoms with van der Waals surface area (Å²) < 4.78 is 6.78. The van der Waals surface area contributed by atoms with Crippen molar-refractivity contribution in [3.8, 4) is 5.82 Å². The summed E-state index contributed by atoms with van der Waals surface area (Å²) >= 11 is 0. The van der Waals surface area contributed by atoms with Crippen molar-refractivity contribution < 1.29 is 14.3 Å². The van der Waals surface area contributed by atoms with Crippen molar-refractivity contribution in [2.75, 3.05) is 6.61 Å². The normalized spacial score (nSPS) is 27.5. The second-order valence-corrected chi connectivity index (χ2v) is 8.66. The van der Waals surface area contributed by atoms with Gasteiger partial charge in [-0.25, -0.2) is 14.5 Å². The minimum atomic E-state index is -0.561. The number of amides is 1. The molecule has 28 heavy (non-hydrogen) atoms. The number of pyridine rings is 1. The van der Waals surface area contributed by atoms with Gasteiger partial charge in [0.05, 0.1) is 5.56 Å². The second kappa shape index (κ2) is 6.72. The highest BCUT2D eigenvalue weighted by atomic mass is 16.5. The molecule has 2 aliphatic carbocycles. The highest BCUT2D eigenvalue weighted by Crippen LogP contribution is 2.65. The van der Waals surface area contributed by atoms with Gasteiger partial charge in [0.25, 0.3) is 5.91 Å². The van der Waals surface area contributed by atoms with Crippen LogP contribution >= 0.6 is 0 Å². The Hall–Kier alpha value is -2.70. The molecule has 4 rings (SSSR count). The van der Waals surface area contributed by atoms with E-state index in [1.54, 1.807) is 35.3 Å². The molecule has 0 radical (unpaired) electrons. The summed E-state index contributed by atoms with van der Waals surface area (Å²) in [5.74, 6) is 0.439. The zero-order valence-corrected chi connectivity index (χ0v) is 16.5. The highest BCUT2D eigenvalue weighted by molar-refractivity contribution is 5.91. The minimum Gasteiger partial charge on any atom is -0.452 e. The van der Waals surface area contributed by atoms with Gasteiger partial charge in [-0.15, -0.1) is 0 Å². The topological polar surface area (TPSA) is 86.1 Å². The van der Waals surface area contributed by atoms with Gasteiger partial charge < -0.3 is 10.1 Å². The van der Waals surface area contributed by atoms with Gasteiger partial charge in [0.15, 0.2) is 12.4 Å². The van der Waals surface area contributed by atoms with E-state index < -0.39 is 5.97 Å². The van der Waals surface area contributed by atoms with Gasteiger partial charge >= 0.3 is 5.97 Å².